The molecule has 0 amide bonds. The number of nitrogens with one attached hydrogen (secondary N) is 1. The number of aromatic nitrogens is 2. The summed E-state index contributed by atoms with van der Waals surface area (Å²) in [6.45, 7) is 2.58. The average Bonchev–Trinajstić information content (AvgIpc) is 2.62. The van der Waals surface area contributed by atoms with Gasteiger partial charge in [-0.3, -0.25) is 0 Å². The Morgan fingerprint density at radius 2 is 2.47 bits per heavy atom. The van der Waals surface area contributed by atoms with E-state index < -0.39 is 0 Å². The fourth-order valence-electron chi connectivity index (χ4n) is 2.42. The van der Waals surface area contributed by atoms with E-state index in [1.54, 1.807) is 0 Å². The first-order valence-corrected chi connectivity index (χ1v) is 5.07. The maximum Gasteiger partial charge on any atom is 0.230 e. The number of hydrogen-bond acceptors (Lipinski definition) is 5. The first-order chi connectivity index (χ1) is 6.84. The van der Waals surface area contributed by atoms with Gasteiger partial charge in [-0.25, -0.2) is 0 Å². The third kappa shape index (κ3) is 1.64. The molecule has 1 saturated carbocycles. The van der Waals surface area contributed by atoms with Gasteiger partial charge >= 0.3 is 0 Å². The molecule has 5 nitrogen and oxygen atoms in total. The highest BCUT2D eigenvalue weighted by Gasteiger charge is 2.58. The summed E-state index contributed by atoms with van der Waals surface area (Å²) in [6.07, 6.45) is 2.42. The normalized spacial score (nSPS) is 33.0. The van der Waals surface area contributed by atoms with E-state index in [0.29, 0.717) is 23.7 Å². The number of halogens is 1. The zero-order valence-electron chi connectivity index (χ0n) is 8.40. The third-order valence-corrected chi connectivity index (χ3v) is 3.43. The topological polar surface area (TPSA) is 77.0 Å². The molecule has 2 aliphatic rings. The van der Waals surface area contributed by atoms with Gasteiger partial charge < -0.3 is 15.6 Å². The van der Waals surface area contributed by atoms with Crippen LogP contribution in [-0.4, -0.2) is 23.2 Å². The van der Waals surface area contributed by atoms with E-state index in [1.165, 1.54) is 12.8 Å². The molecule has 3 N–H and O–H groups in total. The largest absolute Gasteiger partial charge is 0.339 e. The average molecular weight is 231 g/mol. The first kappa shape index (κ1) is 10.9. The molecule has 6 heteroatoms. The molecule has 1 aliphatic carbocycles. The summed E-state index contributed by atoms with van der Waals surface area (Å²) < 4.78 is 5.20. The summed E-state index contributed by atoms with van der Waals surface area (Å²) in [4.78, 5) is 4.28. The monoisotopic (exact) mass is 230 g/mol. The van der Waals surface area contributed by atoms with Crippen LogP contribution < -0.4 is 11.1 Å². The Labute approximate surface area is 94.2 Å². The smallest absolute Gasteiger partial charge is 0.230 e. The fourth-order valence-corrected chi connectivity index (χ4v) is 2.42. The fraction of sp³-hybridized carbons (Fsp3) is 0.778. The van der Waals surface area contributed by atoms with Gasteiger partial charge in [-0.15, -0.1) is 12.4 Å². The van der Waals surface area contributed by atoms with Crippen molar-refractivity contribution in [3.63, 3.8) is 0 Å². The summed E-state index contributed by atoms with van der Waals surface area (Å²) in [5, 5.41) is 7.20. The van der Waals surface area contributed by atoms with E-state index in [9.17, 15) is 0 Å². The quantitative estimate of drug-likeness (QED) is 0.770. The Balaban J connectivity index is 0.000000853. The minimum Gasteiger partial charge on any atom is -0.339 e. The van der Waals surface area contributed by atoms with Gasteiger partial charge in [-0.2, -0.15) is 4.98 Å². The SMILES string of the molecule is Cl.NCc1noc(C2CC23CCNC3)n1. The number of rotatable bonds is 2. The van der Waals surface area contributed by atoms with Crippen molar-refractivity contribution in [2.75, 3.05) is 13.1 Å². The lowest BCUT2D eigenvalue weighted by atomic mass is 10.0. The molecule has 1 spiro atoms. The van der Waals surface area contributed by atoms with Crippen LogP contribution in [0.2, 0.25) is 0 Å². The van der Waals surface area contributed by atoms with Gasteiger partial charge in [0.2, 0.25) is 5.89 Å². The Morgan fingerprint density at radius 1 is 1.60 bits per heavy atom. The van der Waals surface area contributed by atoms with Crippen LogP contribution in [0.25, 0.3) is 0 Å². The molecule has 2 atom stereocenters. The summed E-state index contributed by atoms with van der Waals surface area (Å²) in [5.74, 6) is 1.88. The van der Waals surface area contributed by atoms with Crippen molar-refractivity contribution in [2.45, 2.75) is 25.3 Å². The lowest BCUT2D eigenvalue weighted by molar-refractivity contribution is 0.359. The van der Waals surface area contributed by atoms with Gasteiger partial charge in [0, 0.05) is 12.5 Å². The van der Waals surface area contributed by atoms with Crippen molar-refractivity contribution in [2.24, 2.45) is 11.1 Å². The number of nitrogens with zero attached hydrogens (tertiary/aromatic N) is 2. The second-order valence-electron chi connectivity index (χ2n) is 4.30. The van der Waals surface area contributed by atoms with Crippen molar-refractivity contribution < 1.29 is 4.52 Å². The van der Waals surface area contributed by atoms with Crippen LogP contribution >= 0.6 is 12.4 Å². The second kappa shape index (κ2) is 3.73. The van der Waals surface area contributed by atoms with Gasteiger partial charge in [-0.05, 0) is 24.8 Å². The molecule has 3 rings (SSSR count). The zero-order valence-corrected chi connectivity index (χ0v) is 9.22. The van der Waals surface area contributed by atoms with E-state index in [2.05, 4.69) is 15.5 Å². The standard InChI is InChI=1S/C9H14N4O.ClH/c10-4-7-12-8(14-13-7)6-3-9(6)1-2-11-5-9;/h6,11H,1-5,10H2;1H. The maximum atomic E-state index is 5.43. The molecule has 1 aromatic rings. The molecule has 0 radical (unpaired) electrons. The van der Waals surface area contributed by atoms with Crippen LogP contribution in [0.5, 0.6) is 0 Å². The minimum absolute atomic E-state index is 0. The van der Waals surface area contributed by atoms with Crippen molar-refractivity contribution in [3.05, 3.63) is 11.7 Å². The Bertz CT molecular complexity index is 348. The molecule has 0 bridgehead atoms. The lowest BCUT2D eigenvalue weighted by Crippen LogP contribution is -2.10. The second-order valence-corrected chi connectivity index (χ2v) is 4.30. The third-order valence-electron chi connectivity index (χ3n) is 3.43. The highest BCUT2D eigenvalue weighted by atomic mass is 35.5. The molecule has 1 saturated heterocycles. The van der Waals surface area contributed by atoms with Crippen LogP contribution in [0.3, 0.4) is 0 Å². The molecule has 2 heterocycles. The van der Waals surface area contributed by atoms with Crippen molar-refractivity contribution in [1.82, 2.24) is 15.5 Å². The van der Waals surface area contributed by atoms with Gasteiger partial charge in [-0.1, -0.05) is 5.16 Å². The Kier molecular flexibility index (Phi) is 2.70. The number of hydrogen-bond donors (Lipinski definition) is 2. The molecular weight excluding hydrogens is 216 g/mol. The van der Waals surface area contributed by atoms with Gasteiger partial charge in [0.05, 0.1) is 6.54 Å². The van der Waals surface area contributed by atoms with Crippen LogP contribution in [-0.2, 0) is 6.54 Å². The van der Waals surface area contributed by atoms with Crippen LogP contribution in [0.1, 0.15) is 30.5 Å². The predicted octanol–water partition coefficient (Wildman–Crippen LogP) is 0.417. The summed E-state index contributed by atoms with van der Waals surface area (Å²) in [5.41, 5.74) is 5.86. The highest BCUT2D eigenvalue weighted by molar-refractivity contribution is 5.85. The summed E-state index contributed by atoms with van der Waals surface area (Å²) in [6, 6.07) is 0. The van der Waals surface area contributed by atoms with Gasteiger partial charge in [0.15, 0.2) is 5.82 Å². The van der Waals surface area contributed by atoms with E-state index in [1.807, 2.05) is 0 Å². The van der Waals surface area contributed by atoms with Crippen LogP contribution in [0.4, 0.5) is 0 Å². The first-order valence-electron chi connectivity index (χ1n) is 5.07. The highest BCUT2D eigenvalue weighted by Crippen LogP contribution is 2.62. The molecule has 0 aromatic carbocycles. The molecule has 84 valence electrons. The van der Waals surface area contributed by atoms with Crippen LogP contribution in [0.15, 0.2) is 4.52 Å². The van der Waals surface area contributed by atoms with E-state index in [-0.39, 0.29) is 12.4 Å². The molecule has 2 fully saturated rings. The van der Waals surface area contributed by atoms with Gasteiger partial charge in [0.25, 0.3) is 0 Å². The Hall–Kier alpha value is -0.650. The summed E-state index contributed by atoms with van der Waals surface area (Å²) >= 11 is 0. The molecule has 1 aromatic heterocycles. The molecule has 1 aliphatic heterocycles. The maximum absolute atomic E-state index is 5.43. The van der Waals surface area contributed by atoms with E-state index in [0.717, 1.165) is 19.0 Å². The lowest BCUT2D eigenvalue weighted by Gasteiger charge is -2.02. The van der Waals surface area contributed by atoms with Crippen LogP contribution in [0, 0.1) is 5.41 Å². The van der Waals surface area contributed by atoms with Crippen molar-refractivity contribution in [1.29, 1.82) is 0 Å². The predicted molar refractivity (Wildman–Crippen MR) is 56.7 cm³/mol. The van der Waals surface area contributed by atoms with E-state index >= 15 is 0 Å². The van der Waals surface area contributed by atoms with Crippen molar-refractivity contribution >= 4 is 12.4 Å². The summed E-state index contributed by atoms with van der Waals surface area (Å²) in [7, 11) is 0. The minimum atomic E-state index is 0. The Morgan fingerprint density at radius 3 is 3.07 bits per heavy atom. The number of nitrogens with two attached hydrogens (primary N) is 1. The van der Waals surface area contributed by atoms with E-state index in [4.69, 9.17) is 10.3 Å². The van der Waals surface area contributed by atoms with Crippen molar-refractivity contribution in [3.8, 4) is 0 Å². The molecule has 2 unspecified atom stereocenters. The molecular formula is C9H15ClN4O. The zero-order chi connectivity index (χ0) is 9.60. The molecule has 15 heavy (non-hydrogen) atoms. The van der Waals surface area contributed by atoms with Gasteiger partial charge in [0.1, 0.15) is 0 Å².